The molecule has 16 heavy (non-hydrogen) atoms. The normalized spacial score (nSPS) is 25.9. The number of carbonyl (C=O) groups is 1. The third kappa shape index (κ3) is 4.49. The van der Waals surface area contributed by atoms with Crippen molar-refractivity contribution < 1.29 is 9.53 Å². The lowest BCUT2D eigenvalue weighted by atomic mass is 9.80. The molecule has 4 heteroatoms. The summed E-state index contributed by atoms with van der Waals surface area (Å²) < 4.78 is 5.46. The third-order valence-electron chi connectivity index (χ3n) is 3.08. The molecule has 1 fully saturated rings. The first-order valence-electron chi connectivity index (χ1n) is 6.26. The SMILES string of the molecule is CCOC1CC(CC(=O)NC(C)CCN)C1. The maximum atomic E-state index is 11.6. The molecule has 0 heterocycles. The molecule has 0 radical (unpaired) electrons. The van der Waals surface area contributed by atoms with Crippen LogP contribution in [0, 0.1) is 5.92 Å². The maximum absolute atomic E-state index is 11.6. The Balaban J connectivity index is 2.07. The predicted molar refractivity (Wildman–Crippen MR) is 64.0 cm³/mol. The van der Waals surface area contributed by atoms with Crippen molar-refractivity contribution in [3.63, 3.8) is 0 Å². The van der Waals surface area contributed by atoms with E-state index >= 15 is 0 Å². The minimum atomic E-state index is 0.154. The Kier molecular flexibility index (Phi) is 5.77. The van der Waals surface area contributed by atoms with Crippen molar-refractivity contribution in [3.05, 3.63) is 0 Å². The summed E-state index contributed by atoms with van der Waals surface area (Å²) in [5.41, 5.74) is 5.43. The van der Waals surface area contributed by atoms with Gasteiger partial charge in [0, 0.05) is 19.1 Å². The first-order valence-corrected chi connectivity index (χ1v) is 6.26. The van der Waals surface area contributed by atoms with E-state index in [1.54, 1.807) is 0 Å². The highest BCUT2D eigenvalue weighted by Crippen LogP contribution is 2.32. The van der Waals surface area contributed by atoms with Crippen LogP contribution in [0.15, 0.2) is 0 Å². The first kappa shape index (κ1) is 13.5. The molecule has 3 N–H and O–H groups in total. The van der Waals surface area contributed by atoms with Gasteiger partial charge < -0.3 is 15.8 Å². The highest BCUT2D eigenvalue weighted by atomic mass is 16.5. The second kappa shape index (κ2) is 6.86. The smallest absolute Gasteiger partial charge is 0.220 e. The van der Waals surface area contributed by atoms with Crippen LogP contribution in [0.2, 0.25) is 0 Å². The summed E-state index contributed by atoms with van der Waals surface area (Å²) in [4.78, 5) is 11.6. The molecule has 0 bridgehead atoms. The van der Waals surface area contributed by atoms with Gasteiger partial charge in [-0.05, 0) is 45.6 Å². The van der Waals surface area contributed by atoms with Crippen LogP contribution in [0.3, 0.4) is 0 Å². The zero-order chi connectivity index (χ0) is 12.0. The molecule has 0 aliphatic heterocycles. The van der Waals surface area contributed by atoms with Crippen LogP contribution in [0.1, 0.15) is 39.5 Å². The van der Waals surface area contributed by atoms with Crippen molar-refractivity contribution in [1.29, 1.82) is 0 Å². The largest absolute Gasteiger partial charge is 0.378 e. The minimum absolute atomic E-state index is 0.154. The van der Waals surface area contributed by atoms with Gasteiger partial charge in [0.1, 0.15) is 0 Å². The zero-order valence-corrected chi connectivity index (χ0v) is 10.4. The number of hydrogen-bond donors (Lipinski definition) is 2. The van der Waals surface area contributed by atoms with Gasteiger partial charge in [0.05, 0.1) is 6.10 Å². The summed E-state index contributed by atoms with van der Waals surface area (Å²) in [5.74, 6) is 0.669. The van der Waals surface area contributed by atoms with Crippen molar-refractivity contribution in [2.45, 2.75) is 51.7 Å². The van der Waals surface area contributed by atoms with Crippen LogP contribution < -0.4 is 11.1 Å². The second-order valence-electron chi connectivity index (χ2n) is 4.66. The Labute approximate surface area is 97.9 Å². The van der Waals surface area contributed by atoms with E-state index in [2.05, 4.69) is 5.32 Å². The second-order valence-corrected chi connectivity index (χ2v) is 4.66. The molecule has 1 amide bonds. The Morgan fingerprint density at radius 1 is 1.56 bits per heavy atom. The van der Waals surface area contributed by atoms with Crippen molar-refractivity contribution in [1.82, 2.24) is 5.32 Å². The van der Waals surface area contributed by atoms with Gasteiger partial charge in [0.25, 0.3) is 0 Å². The number of rotatable bonds is 7. The Morgan fingerprint density at radius 3 is 2.81 bits per heavy atom. The van der Waals surface area contributed by atoms with Gasteiger partial charge in [-0.25, -0.2) is 0 Å². The van der Waals surface area contributed by atoms with Crippen molar-refractivity contribution in [3.8, 4) is 0 Å². The van der Waals surface area contributed by atoms with Crippen LogP contribution in [0.5, 0.6) is 0 Å². The van der Waals surface area contributed by atoms with E-state index in [0.29, 0.717) is 25.0 Å². The van der Waals surface area contributed by atoms with E-state index in [9.17, 15) is 4.79 Å². The first-order chi connectivity index (χ1) is 7.65. The molecule has 1 unspecified atom stereocenters. The van der Waals surface area contributed by atoms with Gasteiger partial charge in [-0.2, -0.15) is 0 Å². The summed E-state index contributed by atoms with van der Waals surface area (Å²) in [6.07, 6.45) is 3.94. The topological polar surface area (TPSA) is 64.3 Å². The molecule has 0 spiro atoms. The average molecular weight is 228 g/mol. The lowest BCUT2D eigenvalue weighted by Gasteiger charge is -2.34. The van der Waals surface area contributed by atoms with Gasteiger partial charge in [0.2, 0.25) is 5.91 Å². The molecule has 1 aliphatic carbocycles. The Morgan fingerprint density at radius 2 is 2.25 bits per heavy atom. The summed E-state index contributed by atoms with van der Waals surface area (Å²) in [6, 6.07) is 0.195. The molecule has 1 rings (SSSR count). The minimum Gasteiger partial charge on any atom is -0.378 e. The Bertz CT molecular complexity index is 215. The van der Waals surface area contributed by atoms with Crippen LogP contribution in [-0.2, 0) is 9.53 Å². The van der Waals surface area contributed by atoms with Crippen LogP contribution in [0.25, 0.3) is 0 Å². The van der Waals surface area contributed by atoms with E-state index in [-0.39, 0.29) is 11.9 Å². The fraction of sp³-hybridized carbons (Fsp3) is 0.917. The maximum Gasteiger partial charge on any atom is 0.220 e. The molecule has 1 aliphatic rings. The fourth-order valence-corrected chi connectivity index (χ4v) is 2.13. The predicted octanol–water partition coefficient (Wildman–Crippen LogP) is 1.05. The molecule has 1 atom stereocenters. The molecule has 0 aromatic carbocycles. The standard InChI is InChI=1S/C12H24N2O2/c1-3-16-11-6-10(7-11)8-12(15)14-9(2)4-5-13/h9-11H,3-8,13H2,1-2H3,(H,14,15). The quantitative estimate of drug-likeness (QED) is 0.684. The highest BCUT2D eigenvalue weighted by Gasteiger charge is 2.31. The number of hydrogen-bond acceptors (Lipinski definition) is 3. The van der Waals surface area contributed by atoms with Gasteiger partial charge in [-0.15, -0.1) is 0 Å². The lowest BCUT2D eigenvalue weighted by Crippen LogP contribution is -2.39. The monoisotopic (exact) mass is 228 g/mol. The molecular formula is C12H24N2O2. The zero-order valence-electron chi connectivity index (χ0n) is 10.4. The van der Waals surface area contributed by atoms with Gasteiger partial charge in [0.15, 0.2) is 0 Å². The summed E-state index contributed by atoms with van der Waals surface area (Å²) in [7, 11) is 0. The van der Waals surface area contributed by atoms with Gasteiger partial charge in [-0.3, -0.25) is 4.79 Å². The lowest BCUT2D eigenvalue weighted by molar-refractivity contribution is -0.124. The molecule has 1 saturated carbocycles. The van der Waals surface area contributed by atoms with Gasteiger partial charge >= 0.3 is 0 Å². The van der Waals surface area contributed by atoms with E-state index in [1.807, 2.05) is 13.8 Å². The van der Waals surface area contributed by atoms with E-state index in [0.717, 1.165) is 25.9 Å². The van der Waals surface area contributed by atoms with E-state index in [1.165, 1.54) is 0 Å². The van der Waals surface area contributed by atoms with Crippen molar-refractivity contribution >= 4 is 5.91 Å². The summed E-state index contributed by atoms with van der Waals surface area (Å²) in [5, 5.41) is 2.97. The summed E-state index contributed by atoms with van der Waals surface area (Å²) >= 11 is 0. The van der Waals surface area contributed by atoms with E-state index < -0.39 is 0 Å². The third-order valence-corrected chi connectivity index (χ3v) is 3.08. The molecule has 4 nitrogen and oxygen atoms in total. The van der Waals surface area contributed by atoms with Crippen LogP contribution >= 0.6 is 0 Å². The molecular weight excluding hydrogens is 204 g/mol. The molecule has 0 saturated heterocycles. The molecule has 94 valence electrons. The Hall–Kier alpha value is -0.610. The van der Waals surface area contributed by atoms with Crippen molar-refractivity contribution in [2.75, 3.05) is 13.2 Å². The van der Waals surface area contributed by atoms with E-state index in [4.69, 9.17) is 10.5 Å². The number of ether oxygens (including phenoxy) is 1. The van der Waals surface area contributed by atoms with Crippen LogP contribution in [-0.4, -0.2) is 31.2 Å². The fourth-order valence-electron chi connectivity index (χ4n) is 2.13. The molecule has 0 aromatic heterocycles. The number of amides is 1. The van der Waals surface area contributed by atoms with Crippen LogP contribution in [0.4, 0.5) is 0 Å². The van der Waals surface area contributed by atoms with Crippen molar-refractivity contribution in [2.24, 2.45) is 11.7 Å². The van der Waals surface area contributed by atoms with Gasteiger partial charge in [-0.1, -0.05) is 0 Å². The number of carbonyl (C=O) groups excluding carboxylic acids is 1. The average Bonchev–Trinajstić information content (AvgIpc) is 2.14. The molecule has 0 aromatic rings. The number of nitrogens with two attached hydrogens (primary N) is 1. The number of nitrogens with one attached hydrogen (secondary N) is 1. The summed E-state index contributed by atoms with van der Waals surface area (Å²) in [6.45, 7) is 5.40. The highest BCUT2D eigenvalue weighted by molar-refractivity contribution is 5.76.